The van der Waals surface area contributed by atoms with E-state index in [-0.39, 0.29) is 29.7 Å². The molecule has 0 aliphatic carbocycles. The van der Waals surface area contributed by atoms with Crippen molar-refractivity contribution in [2.75, 3.05) is 25.6 Å². The Morgan fingerprint density at radius 3 is 2.88 bits per heavy atom. The highest BCUT2D eigenvalue weighted by Gasteiger charge is 2.22. The highest BCUT2D eigenvalue weighted by Crippen LogP contribution is 2.31. The van der Waals surface area contributed by atoms with Crippen molar-refractivity contribution >= 4 is 17.6 Å². The van der Waals surface area contributed by atoms with Gasteiger partial charge in [-0.15, -0.1) is 0 Å². The van der Waals surface area contributed by atoms with Gasteiger partial charge in [-0.2, -0.15) is 0 Å². The summed E-state index contributed by atoms with van der Waals surface area (Å²) in [5.74, 6) is -0.651. The first kappa shape index (κ1) is 17.7. The van der Waals surface area contributed by atoms with Gasteiger partial charge >= 0.3 is 5.97 Å². The molecule has 0 fully saturated rings. The lowest BCUT2D eigenvalue weighted by molar-refractivity contribution is -0.120. The van der Waals surface area contributed by atoms with Crippen LogP contribution in [0.15, 0.2) is 42.5 Å². The van der Waals surface area contributed by atoms with E-state index in [1.54, 1.807) is 0 Å². The second-order valence-electron chi connectivity index (χ2n) is 5.83. The Morgan fingerprint density at radius 2 is 2.08 bits per heavy atom. The van der Waals surface area contributed by atoms with Gasteiger partial charge < -0.3 is 20.1 Å². The third kappa shape index (κ3) is 3.93. The summed E-state index contributed by atoms with van der Waals surface area (Å²) in [6.45, 7) is 0.395. The van der Waals surface area contributed by atoms with Gasteiger partial charge in [-0.25, -0.2) is 9.18 Å². The van der Waals surface area contributed by atoms with E-state index in [2.05, 4.69) is 15.4 Å². The van der Waals surface area contributed by atoms with Crippen molar-refractivity contribution in [3.63, 3.8) is 0 Å². The van der Waals surface area contributed by atoms with Crippen LogP contribution in [0, 0.1) is 5.82 Å². The minimum absolute atomic E-state index is 0.0652. The van der Waals surface area contributed by atoms with E-state index >= 15 is 0 Å². The Balaban J connectivity index is 1.63. The zero-order valence-electron chi connectivity index (χ0n) is 14.3. The molecular weight excluding hydrogens is 339 g/mol. The van der Waals surface area contributed by atoms with E-state index in [0.29, 0.717) is 13.0 Å². The van der Waals surface area contributed by atoms with Crippen LogP contribution in [0.3, 0.4) is 0 Å². The molecule has 1 heterocycles. The second kappa shape index (κ2) is 7.86. The number of halogens is 1. The summed E-state index contributed by atoms with van der Waals surface area (Å²) in [5.41, 5.74) is 1.19. The van der Waals surface area contributed by atoms with E-state index in [9.17, 15) is 14.0 Å². The number of amides is 1. The van der Waals surface area contributed by atoms with E-state index < -0.39 is 11.8 Å². The number of anilines is 1. The summed E-state index contributed by atoms with van der Waals surface area (Å²) in [4.78, 5) is 23.8. The predicted octanol–water partition coefficient (Wildman–Crippen LogP) is 2.66. The number of ether oxygens (including phenoxy) is 2. The smallest absolute Gasteiger partial charge is 0.337 e. The number of carbonyl (C=O) groups is 2. The highest BCUT2D eigenvalue weighted by molar-refractivity contribution is 5.90. The summed E-state index contributed by atoms with van der Waals surface area (Å²) in [6.07, 6.45) is 0.662. The van der Waals surface area contributed by atoms with Crippen LogP contribution < -0.4 is 15.4 Å². The largest absolute Gasteiger partial charge is 0.493 e. The molecule has 0 saturated heterocycles. The fraction of sp³-hybridized carbons (Fsp3) is 0.263. The normalized spacial score (nSPS) is 15.4. The Morgan fingerprint density at radius 1 is 1.27 bits per heavy atom. The molecule has 6 nitrogen and oxygen atoms in total. The van der Waals surface area contributed by atoms with Crippen molar-refractivity contribution in [1.29, 1.82) is 0 Å². The number of nitrogens with one attached hydrogen (secondary N) is 2. The molecule has 1 unspecified atom stereocenters. The van der Waals surface area contributed by atoms with E-state index in [0.717, 1.165) is 17.4 Å². The van der Waals surface area contributed by atoms with E-state index in [4.69, 9.17) is 4.74 Å². The second-order valence-corrected chi connectivity index (χ2v) is 5.83. The summed E-state index contributed by atoms with van der Waals surface area (Å²) in [6, 6.07) is 11.2. The molecule has 2 N–H and O–H groups in total. The SMILES string of the molecule is COC(=O)c1ccc(F)c(NCC(=O)NC2CCOc3ccccc32)c1. The Kier molecular flexibility index (Phi) is 5.36. The number of rotatable bonds is 5. The van der Waals surface area contributed by atoms with Gasteiger partial charge in [-0.05, 0) is 24.3 Å². The molecule has 0 spiro atoms. The third-order valence-corrected chi connectivity index (χ3v) is 4.12. The van der Waals surface area contributed by atoms with Gasteiger partial charge in [0.1, 0.15) is 11.6 Å². The number of para-hydroxylation sites is 1. The van der Waals surface area contributed by atoms with Crippen molar-refractivity contribution in [1.82, 2.24) is 5.32 Å². The van der Waals surface area contributed by atoms with Gasteiger partial charge in [0.05, 0.1) is 37.6 Å². The number of hydrogen-bond acceptors (Lipinski definition) is 5. The number of hydrogen-bond donors (Lipinski definition) is 2. The monoisotopic (exact) mass is 358 g/mol. The number of esters is 1. The van der Waals surface area contributed by atoms with Crippen LogP contribution in [0.1, 0.15) is 28.4 Å². The summed E-state index contributed by atoms with van der Waals surface area (Å²) in [7, 11) is 1.25. The number of benzene rings is 2. The van der Waals surface area contributed by atoms with Crippen molar-refractivity contribution < 1.29 is 23.5 Å². The molecule has 3 rings (SSSR count). The maximum atomic E-state index is 13.9. The lowest BCUT2D eigenvalue weighted by atomic mass is 10.0. The molecule has 0 radical (unpaired) electrons. The molecule has 7 heteroatoms. The van der Waals surface area contributed by atoms with Gasteiger partial charge in [-0.3, -0.25) is 4.79 Å². The van der Waals surface area contributed by atoms with Crippen LogP contribution >= 0.6 is 0 Å². The summed E-state index contributed by atoms with van der Waals surface area (Å²) >= 11 is 0. The molecule has 2 aromatic carbocycles. The van der Waals surface area contributed by atoms with Crippen LogP contribution in [-0.4, -0.2) is 32.1 Å². The zero-order valence-corrected chi connectivity index (χ0v) is 14.3. The molecule has 1 amide bonds. The minimum Gasteiger partial charge on any atom is -0.493 e. The fourth-order valence-electron chi connectivity index (χ4n) is 2.82. The predicted molar refractivity (Wildman–Crippen MR) is 93.7 cm³/mol. The first-order valence-corrected chi connectivity index (χ1v) is 8.21. The lowest BCUT2D eigenvalue weighted by Crippen LogP contribution is -2.35. The molecular formula is C19H19FN2O4. The van der Waals surface area contributed by atoms with Gasteiger partial charge in [0.2, 0.25) is 5.91 Å². The molecule has 136 valence electrons. The average Bonchev–Trinajstić information content (AvgIpc) is 2.67. The Bertz CT molecular complexity index is 825. The standard InChI is InChI=1S/C19H19FN2O4/c1-25-19(24)12-6-7-14(20)16(10-12)21-11-18(23)22-15-8-9-26-17-5-3-2-4-13(15)17/h2-7,10,15,21H,8-9,11H2,1H3,(H,22,23). The summed E-state index contributed by atoms with van der Waals surface area (Å²) in [5, 5.41) is 5.64. The van der Waals surface area contributed by atoms with Gasteiger partial charge in [0.15, 0.2) is 0 Å². The van der Waals surface area contributed by atoms with Gasteiger partial charge in [0.25, 0.3) is 0 Å². The van der Waals surface area contributed by atoms with E-state index in [1.807, 2.05) is 24.3 Å². The molecule has 0 saturated carbocycles. The minimum atomic E-state index is -0.573. The van der Waals surface area contributed by atoms with E-state index in [1.165, 1.54) is 19.2 Å². The highest BCUT2D eigenvalue weighted by atomic mass is 19.1. The lowest BCUT2D eigenvalue weighted by Gasteiger charge is -2.26. The average molecular weight is 358 g/mol. The summed E-state index contributed by atoms with van der Waals surface area (Å²) < 4.78 is 24.1. The Hall–Kier alpha value is -3.09. The molecule has 1 aliphatic rings. The van der Waals surface area contributed by atoms with Crippen LogP contribution in [-0.2, 0) is 9.53 Å². The number of methoxy groups -OCH3 is 1. The maximum absolute atomic E-state index is 13.9. The molecule has 1 aliphatic heterocycles. The first-order valence-electron chi connectivity index (χ1n) is 8.21. The molecule has 26 heavy (non-hydrogen) atoms. The van der Waals surface area contributed by atoms with Crippen LogP contribution in [0.2, 0.25) is 0 Å². The van der Waals surface area contributed by atoms with Crippen LogP contribution in [0.25, 0.3) is 0 Å². The fourth-order valence-corrected chi connectivity index (χ4v) is 2.82. The van der Waals surface area contributed by atoms with Crippen molar-refractivity contribution in [3.05, 3.63) is 59.4 Å². The van der Waals surface area contributed by atoms with Crippen molar-refractivity contribution in [2.24, 2.45) is 0 Å². The third-order valence-electron chi connectivity index (χ3n) is 4.12. The van der Waals surface area contributed by atoms with Gasteiger partial charge in [-0.1, -0.05) is 18.2 Å². The molecule has 0 aromatic heterocycles. The topological polar surface area (TPSA) is 76.7 Å². The molecule has 1 atom stereocenters. The first-order chi connectivity index (χ1) is 12.6. The van der Waals surface area contributed by atoms with Crippen molar-refractivity contribution in [2.45, 2.75) is 12.5 Å². The number of carbonyl (C=O) groups excluding carboxylic acids is 2. The quantitative estimate of drug-likeness (QED) is 0.804. The molecule has 2 aromatic rings. The number of fused-ring (bicyclic) bond motifs is 1. The molecule has 0 bridgehead atoms. The Labute approximate surface area is 150 Å². The van der Waals surface area contributed by atoms with Gasteiger partial charge in [0, 0.05) is 12.0 Å². The zero-order chi connectivity index (χ0) is 18.5. The van der Waals surface area contributed by atoms with Crippen LogP contribution in [0.4, 0.5) is 10.1 Å². The maximum Gasteiger partial charge on any atom is 0.337 e. The van der Waals surface area contributed by atoms with Crippen LogP contribution in [0.5, 0.6) is 5.75 Å². The van der Waals surface area contributed by atoms with Crippen molar-refractivity contribution in [3.8, 4) is 5.75 Å².